The zero-order valence-electron chi connectivity index (χ0n) is 9.45. The van der Waals surface area contributed by atoms with E-state index in [9.17, 15) is 0 Å². The van der Waals surface area contributed by atoms with E-state index in [0.29, 0.717) is 0 Å². The molecule has 78 valence electrons. The molecule has 0 aliphatic heterocycles. The van der Waals surface area contributed by atoms with Crippen molar-refractivity contribution in [3.63, 3.8) is 0 Å². The third-order valence-corrected chi connectivity index (χ3v) is 2.65. The van der Waals surface area contributed by atoms with Crippen molar-refractivity contribution in [1.82, 2.24) is 9.55 Å². The lowest BCUT2D eigenvalue weighted by Crippen LogP contribution is -2.26. The Kier molecular flexibility index (Phi) is 3.50. The van der Waals surface area contributed by atoms with E-state index in [-0.39, 0.29) is 5.54 Å². The largest absolute Gasteiger partial charge is 0.326 e. The summed E-state index contributed by atoms with van der Waals surface area (Å²) >= 11 is 0. The average molecular weight is 192 g/mol. The fourth-order valence-corrected chi connectivity index (χ4v) is 1.71. The van der Waals surface area contributed by atoms with Gasteiger partial charge in [-0.3, -0.25) is 0 Å². The molecule has 0 N–H and O–H groups in total. The summed E-state index contributed by atoms with van der Waals surface area (Å²) < 4.78 is 2.20. The minimum absolute atomic E-state index is 0.149. The minimum Gasteiger partial charge on any atom is -0.326 e. The Morgan fingerprint density at radius 2 is 2.29 bits per heavy atom. The van der Waals surface area contributed by atoms with E-state index >= 15 is 0 Å². The summed E-state index contributed by atoms with van der Waals surface area (Å²) in [5, 5.41) is 0. The molecule has 0 saturated carbocycles. The molecule has 0 unspecified atom stereocenters. The minimum atomic E-state index is 0.149. The summed E-state index contributed by atoms with van der Waals surface area (Å²) in [6, 6.07) is 0. The third-order valence-electron chi connectivity index (χ3n) is 2.65. The first-order chi connectivity index (χ1) is 6.61. The van der Waals surface area contributed by atoms with Crippen LogP contribution < -0.4 is 0 Å². The summed E-state index contributed by atoms with van der Waals surface area (Å²) in [6.45, 7) is 10.5. The van der Waals surface area contributed by atoms with Crippen molar-refractivity contribution in [3.05, 3.63) is 24.8 Å². The van der Waals surface area contributed by atoms with Gasteiger partial charge in [-0.05, 0) is 26.3 Å². The SMILES string of the molecule is C=Cc1nccn1C(C)(C)CCCC. The van der Waals surface area contributed by atoms with E-state index in [1.54, 1.807) is 0 Å². The quantitative estimate of drug-likeness (QED) is 0.698. The van der Waals surface area contributed by atoms with Gasteiger partial charge in [-0.15, -0.1) is 0 Å². The van der Waals surface area contributed by atoms with Gasteiger partial charge in [-0.2, -0.15) is 0 Å². The molecule has 0 radical (unpaired) electrons. The monoisotopic (exact) mass is 192 g/mol. The molecule has 0 aliphatic rings. The molecule has 0 spiro atoms. The highest BCUT2D eigenvalue weighted by Crippen LogP contribution is 2.24. The number of aromatic nitrogens is 2. The van der Waals surface area contributed by atoms with Crippen molar-refractivity contribution in [3.8, 4) is 0 Å². The summed E-state index contributed by atoms with van der Waals surface area (Å²) in [4.78, 5) is 4.25. The van der Waals surface area contributed by atoms with E-state index in [1.165, 1.54) is 19.3 Å². The van der Waals surface area contributed by atoms with Gasteiger partial charge in [0, 0.05) is 17.9 Å². The molecule has 0 aromatic carbocycles. The van der Waals surface area contributed by atoms with Crippen molar-refractivity contribution in [2.24, 2.45) is 0 Å². The average Bonchev–Trinajstić information content (AvgIpc) is 2.63. The van der Waals surface area contributed by atoms with Crippen molar-refractivity contribution in [2.75, 3.05) is 0 Å². The molecule has 14 heavy (non-hydrogen) atoms. The van der Waals surface area contributed by atoms with Crippen LogP contribution in [0.1, 0.15) is 45.9 Å². The summed E-state index contributed by atoms with van der Waals surface area (Å²) in [5.74, 6) is 0.964. The van der Waals surface area contributed by atoms with Crippen molar-refractivity contribution in [1.29, 1.82) is 0 Å². The Hall–Kier alpha value is -1.05. The van der Waals surface area contributed by atoms with Gasteiger partial charge in [0.05, 0.1) is 0 Å². The first-order valence-corrected chi connectivity index (χ1v) is 5.28. The van der Waals surface area contributed by atoms with E-state index in [4.69, 9.17) is 0 Å². The molecule has 1 aromatic heterocycles. The summed E-state index contributed by atoms with van der Waals surface area (Å²) in [6.07, 6.45) is 9.36. The molecular weight excluding hydrogens is 172 g/mol. The predicted octanol–water partition coefficient (Wildman–Crippen LogP) is 3.45. The summed E-state index contributed by atoms with van der Waals surface area (Å²) in [7, 11) is 0. The van der Waals surface area contributed by atoms with Gasteiger partial charge in [0.1, 0.15) is 5.82 Å². The first-order valence-electron chi connectivity index (χ1n) is 5.28. The van der Waals surface area contributed by atoms with Crippen molar-refractivity contribution >= 4 is 6.08 Å². The van der Waals surface area contributed by atoms with Gasteiger partial charge in [-0.25, -0.2) is 4.98 Å². The zero-order chi connectivity index (χ0) is 10.6. The molecule has 0 saturated heterocycles. The predicted molar refractivity (Wildman–Crippen MR) is 61.2 cm³/mol. The van der Waals surface area contributed by atoms with Gasteiger partial charge in [0.15, 0.2) is 0 Å². The number of unbranched alkanes of at least 4 members (excludes halogenated alkanes) is 1. The van der Waals surface area contributed by atoms with Crippen LogP contribution in [0.4, 0.5) is 0 Å². The van der Waals surface area contributed by atoms with Crippen LogP contribution in [0.2, 0.25) is 0 Å². The molecule has 1 rings (SSSR count). The van der Waals surface area contributed by atoms with Crippen LogP contribution in [0, 0.1) is 0 Å². The number of hydrogen-bond acceptors (Lipinski definition) is 1. The van der Waals surface area contributed by atoms with Crippen LogP contribution in [0.3, 0.4) is 0 Å². The Balaban J connectivity index is 2.85. The lowest BCUT2D eigenvalue weighted by Gasteiger charge is -2.27. The van der Waals surface area contributed by atoms with Gasteiger partial charge in [-0.1, -0.05) is 26.3 Å². The first kappa shape index (κ1) is 11.0. The molecule has 0 fully saturated rings. The fraction of sp³-hybridized carbons (Fsp3) is 0.583. The second-order valence-corrected chi connectivity index (χ2v) is 4.28. The lowest BCUT2D eigenvalue weighted by atomic mass is 9.97. The highest BCUT2D eigenvalue weighted by Gasteiger charge is 2.20. The van der Waals surface area contributed by atoms with Crippen LogP contribution in [0.5, 0.6) is 0 Å². The maximum atomic E-state index is 4.25. The molecule has 0 bridgehead atoms. The zero-order valence-corrected chi connectivity index (χ0v) is 9.45. The summed E-state index contributed by atoms with van der Waals surface area (Å²) in [5.41, 5.74) is 0.149. The number of rotatable bonds is 5. The normalized spacial score (nSPS) is 11.6. The standard InChI is InChI=1S/C12H20N2/c1-5-7-8-12(3,4)14-10-9-13-11(14)6-2/h6,9-10H,2,5,7-8H2,1,3-4H3. The van der Waals surface area contributed by atoms with E-state index < -0.39 is 0 Å². The molecular formula is C12H20N2. The molecule has 2 nitrogen and oxygen atoms in total. The highest BCUT2D eigenvalue weighted by molar-refractivity contribution is 5.37. The van der Waals surface area contributed by atoms with E-state index in [0.717, 1.165) is 5.82 Å². The number of nitrogens with zero attached hydrogens (tertiary/aromatic N) is 2. The van der Waals surface area contributed by atoms with Crippen LogP contribution in [-0.2, 0) is 5.54 Å². The van der Waals surface area contributed by atoms with Crippen LogP contribution in [0.25, 0.3) is 6.08 Å². The molecule has 0 atom stereocenters. The van der Waals surface area contributed by atoms with Gasteiger partial charge >= 0.3 is 0 Å². The second-order valence-electron chi connectivity index (χ2n) is 4.28. The second kappa shape index (κ2) is 4.45. The van der Waals surface area contributed by atoms with E-state index in [2.05, 4.69) is 36.9 Å². The van der Waals surface area contributed by atoms with Crippen molar-refractivity contribution in [2.45, 2.75) is 45.6 Å². The molecule has 0 amide bonds. The van der Waals surface area contributed by atoms with Gasteiger partial charge < -0.3 is 4.57 Å². The maximum Gasteiger partial charge on any atom is 0.132 e. The Bertz CT molecular complexity index is 297. The molecule has 0 aliphatic carbocycles. The van der Waals surface area contributed by atoms with Crippen LogP contribution >= 0.6 is 0 Å². The fourth-order valence-electron chi connectivity index (χ4n) is 1.71. The number of hydrogen-bond donors (Lipinski definition) is 0. The lowest BCUT2D eigenvalue weighted by molar-refractivity contribution is 0.315. The van der Waals surface area contributed by atoms with Crippen LogP contribution in [0.15, 0.2) is 19.0 Å². The molecule has 1 heterocycles. The van der Waals surface area contributed by atoms with Gasteiger partial charge in [0.2, 0.25) is 0 Å². The maximum absolute atomic E-state index is 4.25. The Morgan fingerprint density at radius 1 is 1.57 bits per heavy atom. The topological polar surface area (TPSA) is 17.8 Å². The number of imidazole rings is 1. The van der Waals surface area contributed by atoms with Gasteiger partial charge in [0.25, 0.3) is 0 Å². The van der Waals surface area contributed by atoms with Crippen molar-refractivity contribution < 1.29 is 0 Å². The Morgan fingerprint density at radius 3 is 2.86 bits per heavy atom. The van der Waals surface area contributed by atoms with E-state index in [1.807, 2.05) is 18.5 Å². The molecule has 1 aromatic rings. The van der Waals surface area contributed by atoms with Crippen LogP contribution in [-0.4, -0.2) is 9.55 Å². The molecule has 2 heteroatoms. The third kappa shape index (κ3) is 2.25. The highest BCUT2D eigenvalue weighted by atomic mass is 15.1. The smallest absolute Gasteiger partial charge is 0.132 e. The Labute approximate surface area is 86.7 Å².